The summed E-state index contributed by atoms with van der Waals surface area (Å²) in [6, 6.07) is 14.0. The zero-order valence-corrected chi connectivity index (χ0v) is 24.7. The maximum atomic E-state index is 13.9. The highest BCUT2D eigenvalue weighted by molar-refractivity contribution is 5.95. The van der Waals surface area contributed by atoms with Crippen LogP contribution in [-0.2, 0) is 40.0 Å². The average molecular weight is 594 g/mol. The molecule has 0 aliphatic carbocycles. The number of hydrogen-bond donors (Lipinski definition) is 2. The molecule has 2 N–H and O–H groups in total. The van der Waals surface area contributed by atoms with Gasteiger partial charge in [-0.2, -0.15) is 0 Å². The molecule has 3 rings (SSSR count). The summed E-state index contributed by atoms with van der Waals surface area (Å²) in [5.74, 6) is -2.63. The minimum absolute atomic E-state index is 0.00853. The molecule has 3 atom stereocenters. The summed E-state index contributed by atoms with van der Waals surface area (Å²) in [4.78, 5) is 67.0. The standard InChI is InChI=1S/C32H39N3O8/c1-5-19-41-30(39)25-17-12-18-35(25)29(38)27(23-15-10-7-11-16-23)34-28(37)24(20-26(36)43-32(2,3)4)33-31(40)42-21-22-13-8-6-9-14-22/h5-11,13-16,24-25,27H,1,12,17-21H2,2-4H3,(H,33,40)(H,34,37)/t24-,25+,27+/m0/s1. The van der Waals surface area contributed by atoms with Gasteiger partial charge in [0.15, 0.2) is 0 Å². The number of benzene rings is 2. The first-order valence-electron chi connectivity index (χ1n) is 14.1. The predicted molar refractivity (Wildman–Crippen MR) is 157 cm³/mol. The Labute approximate surface area is 251 Å². The fourth-order valence-corrected chi connectivity index (χ4v) is 4.52. The molecule has 0 saturated carbocycles. The molecule has 0 radical (unpaired) electrons. The molecular formula is C32H39N3O8. The number of ether oxygens (including phenoxy) is 3. The molecule has 230 valence electrons. The maximum Gasteiger partial charge on any atom is 0.408 e. The van der Waals surface area contributed by atoms with E-state index in [1.807, 2.05) is 6.07 Å². The first-order valence-corrected chi connectivity index (χ1v) is 14.1. The molecular weight excluding hydrogens is 554 g/mol. The second-order valence-corrected chi connectivity index (χ2v) is 11.0. The average Bonchev–Trinajstić information content (AvgIpc) is 3.47. The third-order valence-corrected chi connectivity index (χ3v) is 6.43. The first kappa shape index (κ1) is 32.8. The number of esters is 2. The lowest BCUT2D eigenvalue weighted by Crippen LogP contribution is -2.53. The quantitative estimate of drug-likeness (QED) is 0.216. The van der Waals surface area contributed by atoms with Gasteiger partial charge in [-0.15, -0.1) is 0 Å². The van der Waals surface area contributed by atoms with Crippen LogP contribution in [0, 0.1) is 0 Å². The van der Waals surface area contributed by atoms with Crippen LogP contribution in [0.5, 0.6) is 0 Å². The molecule has 1 saturated heterocycles. The van der Waals surface area contributed by atoms with E-state index < -0.39 is 60.0 Å². The van der Waals surface area contributed by atoms with Crippen molar-refractivity contribution in [3.63, 3.8) is 0 Å². The SMILES string of the molecule is C=CCOC(=O)[C@H]1CCCN1C(=O)[C@H](NC(=O)[C@H](CC(=O)OC(C)(C)C)NC(=O)OCc1ccccc1)c1ccccc1. The molecule has 43 heavy (non-hydrogen) atoms. The van der Waals surface area contributed by atoms with E-state index in [4.69, 9.17) is 14.2 Å². The lowest BCUT2D eigenvalue weighted by molar-refractivity contribution is -0.156. The van der Waals surface area contributed by atoms with Crippen molar-refractivity contribution in [1.29, 1.82) is 0 Å². The number of rotatable bonds is 12. The van der Waals surface area contributed by atoms with Crippen molar-refractivity contribution in [3.8, 4) is 0 Å². The number of carbonyl (C=O) groups is 5. The topological polar surface area (TPSA) is 140 Å². The Morgan fingerprint density at radius 1 is 0.977 bits per heavy atom. The molecule has 1 aliphatic rings. The number of nitrogens with one attached hydrogen (secondary N) is 2. The molecule has 1 aliphatic heterocycles. The Kier molecular flexibility index (Phi) is 11.9. The summed E-state index contributed by atoms with van der Waals surface area (Å²) in [7, 11) is 0. The van der Waals surface area contributed by atoms with E-state index in [0.717, 1.165) is 5.56 Å². The minimum Gasteiger partial charge on any atom is -0.460 e. The van der Waals surface area contributed by atoms with Crippen LogP contribution in [0.15, 0.2) is 73.3 Å². The van der Waals surface area contributed by atoms with E-state index in [1.54, 1.807) is 75.4 Å². The molecule has 1 heterocycles. The van der Waals surface area contributed by atoms with Gasteiger partial charge in [0.2, 0.25) is 5.91 Å². The van der Waals surface area contributed by atoms with Crippen molar-refractivity contribution in [1.82, 2.24) is 15.5 Å². The van der Waals surface area contributed by atoms with Gasteiger partial charge in [0.1, 0.15) is 36.9 Å². The van der Waals surface area contributed by atoms with Crippen LogP contribution in [-0.4, -0.2) is 65.6 Å². The smallest absolute Gasteiger partial charge is 0.408 e. The van der Waals surface area contributed by atoms with Crippen molar-refractivity contribution >= 4 is 29.8 Å². The third-order valence-electron chi connectivity index (χ3n) is 6.43. The number of alkyl carbamates (subject to hydrolysis) is 1. The van der Waals surface area contributed by atoms with Crippen molar-refractivity contribution in [2.75, 3.05) is 13.2 Å². The van der Waals surface area contributed by atoms with E-state index in [0.29, 0.717) is 18.4 Å². The molecule has 3 amide bonds. The number of hydrogen-bond acceptors (Lipinski definition) is 8. The summed E-state index contributed by atoms with van der Waals surface area (Å²) in [5, 5.41) is 5.12. The van der Waals surface area contributed by atoms with Crippen molar-refractivity contribution < 1.29 is 38.2 Å². The van der Waals surface area contributed by atoms with Crippen LogP contribution >= 0.6 is 0 Å². The molecule has 0 bridgehead atoms. The number of likely N-dealkylation sites (tertiary alicyclic amines) is 1. The summed E-state index contributed by atoms with van der Waals surface area (Å²) < 4.78 is 15.8. The van der Waals surface area contributed by atoms with E-state index in [2.05, 4.69) is 17.2 Å². The van der Waals surface area contributed by atoms with Gasteiger partial charge in [-0.05, 0) is 44.7 Å². The van der Waals surface area contributed by atoms with Crippen LogP contribution in [0.4, 0.5) is 4.79 Å². The lowest BCUT2D eigenvalue weighted by Gasteiger charge is -2.29. The van der Waals surface area contributed by atoms with Gasteiger partial charge in [-0.1, -0.05) is 73.3 Å². The van der Waals surface area contributed by atoms with Crippen LogP contribution < -0.4 is 10.6 Å². The lowest BCUT2D eigenvalue weighted by atomic mass is 10.0. The highest BCUT2D eigenvalue weighted by atomic mass is 16.6. The summed E-state index contributed by atoms with van der Waals surface area (Å²) in [6.07, 6.45) is 0.978. The Hall–Kier alpha value is -4.67. The molecule has 1 fully saturated rings. The molecule has 2 aromatic rings. The van der Waals surface area contributed by atoms with Crippen molar-refractivity contribution in [2.45, 2.75) is 70.4 Å². The fraction of sp³-hybridized carbons (Fsp3) is 0.406. The molecule has 2 aromatic carbocycles. The van der Waals surface area contributed by atoms with Gasteiger partial charge < -0.3 is 29.7 Å². The first-order chi connectivity index (χ1) is 20.5. The Bertz CT molecular complexity index is 1280. The highest BCUT2D eigenvalue weighted by Gasteiger charge is 2.40. The molecule has 11 heteroatoms. The zero-order chi connectivity index (χ0) is 31.4. The van der Waals surface area contributed by atoms with E-state index in [1.165, 1.54) is 11.0 Å². The van der Waals surface area contributed by atoms with E-state index in [9.17, 15) is 24.0 Å². The van der Waals surface area contributed by atoms with Crippen LogP contribution in [0.2, 0.25) is 0 Å². The van der Waals surface area contributed by atoms with Gasteiger partial charge in [0.25, 0.3) is 5.91 Å². The summed E-state index contributed by atoms with van der Waals surface area (Å²) >= 11 is 0. The normalized spacial score (nSPS) is 15.9. The van der Waals surface area contributed by atoms with Crippen LogP contribution in [0.1, 0.15) is 57.2 Å². The minimum atomic E-state index is -1.43. The summed E-state index contributed by atoms with van der Waals surface area (Å²) in [6.45, 7) is 8.82. The monoisotopic (exact) mass is 593 g/mol. The Morgan fingerprint density at radius 2 is 1.63 bits per heavy atom. The Morgan fingerprint density at radius 3 is 2.26 bits per heavy atom. The third kappa shape index (κ3) is 10.3. The van der Waals surface area contributed by atoms with Gasteiger partial charge in [0.05, 0.1) is 6.42 Å². The molecule has 0 spiro atoms. The number of amides is 3. The maximum absolute atomic E-state index is 13.9. The molecule has 0 unspecified atom stereocenters. The van der Waals surface area contributed by atoms with Crippen LogP contribution in [0.3, 0.4) is 0 Å². The van der Waals surface area contributed by atoms with Gasteiger partial charge in [-0.25, -0.2) is 9.59 Å². The molecule has 11 nitrogen and oxygen atoms in total. The largest absolute Gasteiger partial charge is 0.460 e. The fourth-order valence-electron chi connectivity index (χ4n) is 4.52. The van der Waals surface area contributed by atoms with Gasteiger partial charge in [-0.3, -0.25) is 14.4 Å². The van der Waals surface area contributed by atoms with Gasteiger partial charge in [0, 0.05) is 6.54 Å². The second-order valence-electron chi connectivity index (χ2n) is 11.0. The van der Waals surface area contributed by atoms with Crippen LogP contribution in [0.25, 0.3) is 0 Å². The zero-order valence-electron chi connectivity index (χ0n) is 24.7. The highest BCUT2D eigenvalue weighted by Crippen LogP contribution is 2.25. The predicted octanol–water partition coefficient (Wildman–Crippen LogP) is 3.59. The number of carbonyl (C=O) groups excluding carboxylic acids is 5. The number of nitrogens with zero attached hydrogens (tertiary/aromatic N) is 1. The molecule has 0 aromatic heterocycles. The second kappa shape index (κ2) is 15.5. The Balaban J connectivity index is 1.82. The van der Waals surface area contributed by atoms with E-state index >= 15 is 0 Å². The van der Waals surface area contributed by atoms with E-state index in [-0.39, 0.29) is 19.8 Å². The van der Waals surface area contributed by atoms with Gasteiger partial charge >= 0.3 is 18.0 Å². The van der Waals surface area contributed by atoms with Crippen molar-refractivity contribution in [3.05, 3.63) is 84.4 Å². The summed E-state index contributed by atoms with van der Waals surface area (Å²) in [5.41, 5.74) is 0.348. The van der Waals surface area contributed by atoms with Crippen molar-refractivity contribution in [2.24, 2.45) is 0 Å².